The van der Waals surface area contributed by atoms with Gasteiger partial charge in [-0.15, -0.1) is 0 Å². The lowest BCUT2D eigenvalue weighted by molar-refractivity contribution is 0.0790. The number of hydrogen-bond acceptors (Lipinski definition) is 11. The number of aromatic hydroxyl groups is 3. The summed E-state index contributed by atoms with van der Waals surface area (Å²) in [5.74, 6) is -7.23. The van der Waals surface area contributed by atoms with E-state index in [2.05, 4.69) is 10.1 Å². The average molecular weight is 593 g/mol. The summed E-state index contributed by atoms with van der Waals surface area (Å²) < 4.78 is 4.89. The molecule has 0 saturated carbocycles. The second-order valence-electron chi connectivity index (χ2n) is 9.76. The van der Waals surface area contributed by atoms with Crippen molar-refractivity contribution in [3.63, 3.8) is 0 Å². The zero-order valence-electron chi connectivity index (χ0n) is 21.2. The van der Waals surface area contributed by atoms with Gasteiger partial charge < -0.3 is 30.8 Å². The Morgan fingerprint density at radius 1 is 1.07 bits per heavy atom. The smallest absolute Gasteiger partial charge is 0.332 e. The number of phenolic OH excluding ortho intramolecular Hbond substituents is 3. The number of amides is 2. The number of hydrazone groups is 1. The van der Waals surface area contributed by atoms with Crippen molar-refractivity contribution >= 4 is 57.8 Å². The van der Waals surface area contributed by atoms with Gasteiger partial charge in [-0.05, 0) is 24.5 Å². The molecular formula is C27H17ClN4O10. The van der Waals surface area contributed by atoms with E-state index in [1.807, 2.05) is 5.43 Å². The molecule has 0 bridgehead atoms. The Hall–Kier alpha value is -5.50. The van der Waals surface area contributed by atoms with Gasteiger partial charge in [0.15, 0.2) is 23.1 Å². The standard InChI is InChI=1S/C27H17ClN4O10/c1-42-11-5-10(33)13-14(19(11)34)21(36)16-15(20(13)35)23(38)27(24(16)39)3-2-8-17(27)22(37)12-9(18(8)28)4-7(31-25(12)40)6-30-32-26(29)41/h4-6,35-37H,2-3H2,1H3,(H,31,40)(H3,29,32,41)/t27-/m0/s1. The molecule has 6 rings (SSSR count). The van der Waals surface area contributed by atoms with Crippen LogP contribution in [0.2, 0.25) is 5.02 Å². The molecule has 1 heterocycles. The van der Waals surface area contributed by atoms with Gasteiger partial charge in [0.1, 0.15) is 22.7 Å². The fraction of sp³-hybridized carbons (Fsp3) is 0.148. The minimum atomic E-state index is -2.24. The molecule has 3 aliphatic carbocycles. The summed E-state index contributed by atoms with van der Waals surface area (Å²) in [6, 6.07) is 0.384. The maximum atomic E-state index is 14.1. The molecule has 2 amide bonds. The number of ether oxygens (including phenoxy) is 1. The Morgan fingerprint density at radius 2 is 1.71 bits per heavy atom. The molecule has 0 saturated heterocycles. The Morgan fingerprint density at radius 3 is 2.33 bits per heavy atom. The molecule has 3 aliphatic rings. The van der Waals surface area contributed by atoms with Crippen molar-refractivity contribution in [3.05, 3.63) is 72.4 Å². The predicted octanol–water partition coefficient (Wildman–Crippen LogP) is 1.47. The van der Waals surface area contributed by atoms with Crippen LogP contribution in [0.15, 0.2) is 27.8 Å². The number of hydrogen-bond donors (Lipinski definition) is 6. The van der Waals surface area contributed by atoms with Crippen LogP contribution in [0.3, 0.4) is 0 Å². The Labute approximate surface area is 238 Å². The summed E-state index contributed by atoms with van der Waals surface area (Å²) in [5.41, 5.74) is 0.930. The molecule has 14 nitrogen and oxygen atoms in total. The van der Waals surface area contributed by atoms with E-state index in [-0.39, 0.29) is 45.5 Å². The van der Waals surface area contributed by atoms with E-state index in [4.69, 9.17) is 22.1 Å². The van der Waals surface area contributed by atoms with Crippen LogP contribution in [0, 0.1) is 0 Å². The van der Waals surface area contributed by atoms with Gasteiger partial charge in [0, 0.05) is 17.0 Å². The molecular weight excluding hydrogens is 576 g/mol. The number of fused-ring (bicyclic) bond motifs is 5. The molecule has 3 aromatic rings. The number of primary amides is 1. The maximum absolute atomic E-state index is 14.1. The number of carbonyl (C=O) groups is 5. The minimum absolute atomic E-state index is 0.0418. The first-order chi connectivity index (χ1) is 19.9. The summed E-state index contributed by atoms with van der Waals surface area (Å²) in [5, 5.41) is 36.7. The number of aromatic amines is 1. The lowest BCUT2D eigenvalue weighted by Crippen LogP contribution is -2.36. The number of benzene rings is 2. The SMILES string of the molecule is COC1=CC(=O)c2c(O)c3c(c(O)c2C1=O)C(=O)[C@]1(CCc2c1c(O)c1c(=O)[nH]c(C=NNC(N)=O)cc1c2Cl)C3=O. The minimum Gasteiger partial charge on any atom is -0.507 e. The molecule has 2 aromatic carbocycles. The number of Topliss-reactive ketones (excluding diaryl/α,β-unsaturated/α-hetero) is 3. The number of nitrogens with one attached hydrogen (secondary N) is 2. The van der Waals surface area contributed by atoms with E-state index < -0.39 is 85.4 Å². The molecule has 42 heavy (non-hydrogen) atoms. The Kier molecular flexibility index (Phi) is 5.56. The molecule has 1 aromatic heterocycles. The van der Waals surface area contributed by atoms with Gasteiger partial charge in [-0.3, -0.25) is 24.0 Å². The zero-order chi connectivity index (χ0) is 30.4. The molecule has 7 N–H and O–H groups in total. The third kappa shape index (κ3) is 3.17. The number of H-pyrrole nitrogens is 1. The molecule has 0 unspecified atom stereocenters. The number of allylic oxidation sites excluding steroid dienone is 2. The number of pyridine rings is 1. The van der Waals surface area contributed by atoms with E-state index in [1.54, 1.807) is 0 Å². The summed E-state index contributed by atoms with van der Waals surface area (Å²) >= 11 is 6.66. The number of methoxy groups -OCH3 is 1. The molecule has 1 spiro atoms. The first-order valence-electron chi connectivity index (χ1n) is 12.1. The van der Waals surface area contributed by atoms with Crippen molar-refractivity contribution in [2.24, 2.45) is 10.8 Å². The van der Waals surface area contributed by atoms with Gasteiger partial charge in [-0.2, -0.15) is 5.10 Å². The number of halogens is 1. The quantitative estimate of drug-likeness (QED) is 0.111. The van der Waals surface area contributed by atoms with Crippen molar-refractivity contribution in [1.29, 1.82) is 0 Å². The third-order valence-electron chi connectivity index (χ3n) is 7.74. The predicted molar refractivity (Wildman–Crippen MR) is 144 cm³/mol. The number of aromatic nitrogens is 1. The molecule has 0 fully saturated rings. The van der Waals surface area contributed by atoms with E-state index in [0.29, 0.717) is 0 Å². The van der Waals surface area contributed by atoms with E-state index in [9.17, 15) is 44.1 Å². The highest BCUT2D eigenvalue weighted by molar-refractivity contribution is 6.41. The molecule has 212 valence electrons. The van der Waals surface area contributed by atoms with Crippen molar-refractivity contribution in [1.82, 2.24) is 10.4 Å². The van der Waals surface area contributed by atoms with E-state index >= 15 is 0 Å². The highest BCUT2D eigenvalue weighted by Crippen LogP contribution is 2.58. The Bertz CT molecular complexity index is 2030. The number of urea groups is 1. The number of nitrogens with zero attached hydrogens (tertiary/aromatic N) is 1. The normalized spacial score (nSPS) is 19.0. The highest BCUT2D eigenvalue weighted by atomic mass is 35.5. The van der Waals surface area contributed by atoms with E-state index in [1.165, 1.54) is 6.07 Å². The largest absolute Gasteiger partial charge is 0.507 e. The van der Waals surface area contributed by atoms with Crippen LogP contribution >= 0.6 is 11.6 Å². The molecule has 0 radical (unpaired) electrons. The molecule has 15 heteroatoms. The first kappa shape index (κ1) is 26.7. The van der Waals surface area contributed by atoms with Crippen molar-refractivity contribution in [2.45, 2.75) is 18.3 Å². The maximum Gasteiger partial charge on any atom is 0.332 e. The van der Waals surface area contributed by atoms with Crippen LogP contribution in [-0.2, 0) is 16.6 Å². The van der Waals surface area contributed by atoms with Crippen LogP contribution in [0.25, 0.3) is 10.8 Å². The number of rotatable bonds is 3. The topological polar surface area (TPSA) is 239 Å². The zero-order valence-corrected chi connectivity index (χ0v) is 22.0. The van der Waals surface area contributed by atoms with Crippen LogP contribution in [-0.4, -0.2) is 62.8 Å². The highest BCUT2D eigenvalue weighted by Gasteiger charge is 2.62. The second kappa shape index (κ2) is 8.75. The van der Waals surface area contributed by atoms with Crippen molar-refractivity contribution in [2.75, 3.05) is 7.11 Å². The van der Waals surface area contributed by atoms with Crippen molar-refractivity contribution in [3.8, 4) is 17.2 Å². The average Bonchev–Trinajstić information content (AvgIpc) is 3.44. The van der Waals surface area contributed by atoms with Crippen molar-refractivity contribution < 1.29 is 44.0 Å². The Balaban J connectivity index is 1.59. The monoisotopic (exact) mass is 592 g/mol. The molecule has 1 atom stereocenters. The van der Waals surface area contributed by atoms with E-state index in [0.717, 1.165) is 19.4 Å². The number of nitrogens with two attached hydrogens (primary N) is 1. The van der Waals surface area contributed by atoms with Gasteiger partial charge >= 0.3 is 6.03 Å². The third-order valence-corrected chi connectivity index (χ3v) is 8.17. The van der Waals surface area contributed by atoms with Crippen LogP contribution in [0.4, 0.5) is 4.79 Å². The van der Waals surface area contributed by atoms with Gasteiger partial charge in [0.05, 0.1) is 51.7 Å². The van der Waals surface area contributed by atoms with Crippen LogP contribution in [0.5, 0.6) is 17.2 Å². The first-order valence-corrected chi connectivity index (χ1v) is 12.5. The second-order valence-corrected chi connectivity index (χ2v) is 10.1. The molecule has 0 aliphatic heterocycles. The number of ketones is 4. The summed E-state index contributed by atoms with van der Waals surface area (Å²) in [6.07, 6.45) is 1.52. The summed E-state index contributed by atoms with van der Waals surface area (Å²) in [6.45, 7) is 0. The lowest BCUT2D eigenvalue weighted by Gasteiger charge is -2.23. The van der Waals surface area contributed by atoms with Crippen LogP contribution in [0.1, 0.15) is 64.7 Å². The summed E-state index contributed by atoms with van der Waals surface area (Å²) in [7, 11) is 1.11. The fourth-order valence-electron chi connectivity index (χ4n) is 6.04. The van der Waals surface area contributed by atoms with Crippen LogP contribution < -0.4 is 16.7 Å². The number of carbonyl (C=O) groups excluding carboxylic acids is 5. The van der Waals surface area contributed by atoms with Gasteiger partial charge in [0.2, 0.25) is 5.78 Å². The summed E-state index contributed by atoms with van der Waals surface area (Å²) in [4.78, 5) is 80.2. The lowest BCUT2D eigenvalue weighted by atomic mass is 9.76. The fourth-order valence-corrected chi connectivity index (χ4v) is 6.38. The van der Waals surface area contributed by atoms with Gasteiger partial charge in [-0.1, -0.05) is 11.6 Å². The number of phenols is 3. The van der Waals surface area contributed by atoms with Gasteiger partial charge in [-0.25, -0.2) is 10.2 Å². The van der Waals surface area contributed by atoms with Gasteiger partial charge in [0.25, 0.3) is 5.56 Å².